The maximum atomic E-state index is 5.63. The number of nitrogen functional groups attached to an aromatic ring is 1. The molecule has 2 nitrogen and oxygen atoms in total. The van der Waals surface area contributed by atoms with Crippen LogP contribution in [0.4, 0.5) is 5.69 Å². The van der Waals surface area contributed by atoms with Crippen LogP contribution in [0.2, 0.25) is 0 Å². The van der Waals surface area contributed by atoms with Crippen molar-refractivity contribution in [1.82, 2.24) is 0 Å². The van der Waals surface area contributed by atoms with Gasteiger partial charge >= 0.3 is 0 Å². The average Bonchev–Trinajstić information content (AvgIpc) is 2.30. The maximum absolute atomic E-state index is 5.63. The van der Waals surface area contributed by atoms with E-state index in [2.05, 4.69) is 22.8 Å². The van der Waals surface area contributed by atoms with Crippen LogP contribution < -0.4 is 10.3 Å². The van der Waals surface area contributed by atoms with Gasteiger partial charge in [-0.25, -0.2) is 4.57 Å². The molecule has 1 aromatic carbocycles. The van der Waals surface area contributed by atoms with Crippen LogP contribution in [0.3, 0.4) is 0 Å². The third kappa shape index (κ3) is 2.48. The van der Waals surface area contributed by atoms with Gasteiger partial charge in [0.1, 0.15) is 7.05 Å². The molecule has 80 valence electrons. The molecule has 0 unspecified atom stereocenters. The van der Waals surface area contributed by atoms with Crippen molar-refractivity contribution in [2.75, 3.05) is 5.73 Å². The van der Waals surface area contributed by atoms with Gasteiger partial charge in [0.15, 0.2) is 6.20 Å². The third-order valence-electron chi connectivity index (χ3n) is 2.48. The average molecular weight is 211 g/mol. The first-order chi connectivity index (χ1) is 7.75. The molecule has 1 aromatic heterocycles. The predicted molar refractivity (Wildman–Crippen MR) is 67.4 cm³/mol. The van der Waals surface area contributed by atoms with Crippen molar-refractivity contribution in [3.05, 3.63) is 59.9 Å². The molecule has 0 saturated heterocycles. The van der Waals surface area contributed by atoms with Crippen molar-refractivity contribution in [2.24, 2.45) is 7.05 Å². The van der Waals surface area contributed by atoms with Crippen LogP contribution in [0.15, 0.2) is 48.7 Å². The Balaban J connectivity index is 2.21. The molecule has 0 fully saturated rings. The number of hydrogen-bond donors (Lipinski definition) is 1. The van der Waals surface area contributed by atoms with Crippen LogP contribution in [0.25, 0.3) is 12.2 Å². The van der Waals surface area contributed by atoms with Crippen LogP contribution >= 0.6 is 0 Å². The lowest BCUT2D eigenvalue weighted by molar-refractivity contribution is -0.673. The summed E-state index contributed by atoms with van der Waals surface area (Å²) in [4.78, 5) is 0. The summed E-state index contributed by atoms with van der Waals surface area (Å²) in [5.74, 6) is 0. The zero-order valence-corrected chi connectivity index (χ0v) is 9.30. The van der Waals surface area contributed by atoms with Crippen LogP contribution in [0.5, 0.6) is 0 Å². The Morgan fingerprint density at radius 2 is 1.75 bits per heavy atom. The molecular weight excluding hydrogens is 196 g/mol. The summed E-state index contributed by atoms with van der Waals surface area (Å²) >= 11 is 0. The first-order valence-corrected chi connectivity index (χ1v) is 5.24. The molecular formula is C14H15N2+. The summed E-state index contributed by atoms with van der Waals surface area (Å²) in [6.07, 6.45) is 6.20. The van der Waals surface area contributed by atoms with E-state index < -0.39 is 0 Å². The normalized spacial score (nSPS) is 10.8. The highest BCUT2D eigenvalue weighted by molar-refractivity contribution is 5.67. The van der Waals surface area contributed by atoms with Crippen molar-refractivity contribution in [1.29, 1.82) is 0 Å². The number of pyridine rings is 1. The predicted octanol–water partition coefficient (Wildman–Crippen LogP) is 2.26. The Morgan fingerprint density at radius 3 is 2.44 bits per heavy atom. The third-order valence-corrected chi connectivity index (χ3v) is 2.48. The summed E-state index contributed by atoms with van der Waals surface area (Å²) < 4.78 is 2.08. The van der Waals surface area contributed by atoms with E-state index in [0.29, 0.717) is 0 Å². The van der Waals surface area contributed by atoms with E-state index >= 15 is 0 Å². The van der Waals surface area contributed by atoms with E-state index in [1.54, 1.807) is 0 Å². The number of rotatable bonds is 2. The van der Waals surface area contributed by atoms with Crippen molar-refractivity contribution in [3.8, 4) is 0 Å². The largest absolute Gasteiger partial charge is 0.399 e. The Hall–Kier alpha value is -2.09. The van der Waals surface area contributed by atoms with Crippen LogP contribution in [0.1, 0.15) is 11.3 Å². The van der Waals surface area contributed by atoms with Crippen molar-refractivity contribution in [3.63, 3.8) is 0 Å². The smallest absolute Gasteiger partial charge is 0.204 e. The number of anilines is 1. The van der Waals surface area contributed by atoms with Gasteiger partial charge in [-0.2, -0.15) is 0 Å². The van der Waals surface area contributed by atoms with E-state index in [-0.39, 0.29) is 0 Å². The van der Waals surface area contributed by atoms with Gasteiger partial charge in [-0.05, 0) is 29.8 Å². The van der Waals surface area contributed by atoms with Gasteiger partial charge in [0.25, 0.3) is 0 Å². The summed E-state index contributed by atoms with van der Waals surface area (Å²) in [6, 6.07) is 14.0. The number of nitrogens with zero attached hydrogens (tertiary/aromatic N) is 1. The van der Waals surface area contributed by atoms with E-state index in [4.69, 9.17) is 5.73 Å². The van der Waals surface area contributed by atoms with Crippen molar-refractivity contribution >= 4 is 17.8 Å². The molecule has 2 heteroatoms. The Labute approximate surface area is 95.7 Å². The minimum absolute atomic E-state index is 0.794. The molecule has 0 radical (unpaired) electrons. The van der Waals surface area contributed by atoms with Gasteiger partial charge in [0.2, 0.25) is 5.69 Å². The summed E-state index contributed by atoms with van der Waals surface area (Å²) in [6.45, 7) is 0. The quantitative estimate of drug-likeness (QED) is 0.599. The zero-order valence-electron chi connectivity index (χ0n) is 9.30. The molecule has 2 N–H and O–H groups in total. The van der Waals surface area contributed by atoms with Crippen molar-refractivity contribution in [2.45, 2.75) is 0 Å². The highest BCUT2D eigenvalue weighted by Crippen LogP contribution is 2.08. The molecule has 0 spiro atoms. The summed E-state index contributed by atoms with van der Waals surface area (Å²) in [7, 11) is 2.03. The van der Waals surface area contributed by atoms with Crippen molar-refractivity contribution < 1.29 is 4.57 Å². The van der Waals surface area contributed by atoms with Gasteiger partial charge < -0.3 is 5.73 Å². The number of nitrogens with two attached hydrogens (primary N) is 1. The van der Waals surface area contributed by atoms with Gasteiger partial charge in [0.05, 0.1) is 0 Å². The maximum Gasteiger partial charge on any atom is 0.204 e. The molecule has 0 bridgehead atoms. The molecule has 16 heavy (non-hydrogen) atoms. The fourth-order valence-corrected chi connectivity index (χ4v) is 1.50. The number of aryl methyl sites for hydroxylation is 1. The SMILES string of the molecule is C[n+]1ccccc1/C=C/c1ccc(N)cc1. The highest BCUT2D eigenvalue weighted by Gasteiger charge is 1.98. The van der Waals surface area contributed by atoms with Crippen LogP contribution in [-0.2, 0) is 7.05 Å². The van der Waals surface area contributed by atoms with Gasteiger partial charge in [-0.3, -0.25) is 0 Å². The van der Waals surface area contributed by atoms with Crippen LogP contribution in [0, 0.1) is 0 Å². The molecule has 0 atom stereocenters. The van der Waals surface area contributed by atoms with E-state index in [1.807, 2.05) is 49.6 Å². The monoisotopic (exact) mass is 211 g/mol. The fraction of sp³-hybridized carbons (Fsp3) is 0.0714. The Bertz CT molecular complexity index is 498. The first kappa shape index (κ1) is 10.4. The molecule has 1 heterocycles. The standard InChI is InChI=1S/C14H14N2/c1-16-11-3-2-4-14(16)10-7-12-5-8-13(15)9-6-12/h2-11,15H,1H3/p+1. The van der Waals surface area contributed by atoms with E-state index in [0.717, 1.165) is 11.3 Å². The van der Waals surface area contributed by atoms with Gasteiger partial charge in [0, 0.05) is 23.9 Å². The van der Waals surface area contributed by atoms with Crippen LogP contribution in [-0.4, -0.2) is 0 Å². The highest BCUT2D eigenvalue weighted by atomic mass is 14.9. The summed E-state index contributed by atoms with van der Waals surface area (Å²) in [5, 5.41) is 0. The number of hydrogen-bond acceptors (Lipinski definition) is 1. The van der Waals surface area contributed by atoms with E-state index in [9.17, 15) is 0 Å². The summed E-state index contributed by atoms with van der Waals surface area (Å²) in [5.41, 5.74) is 8.74. The molecule has 0 saturated carbocycles. The second kappa shape index (κ2) is 4.62. The Morgan fingerprint density at radius 1 is 1.00 bits per heavy atom. The molecule has 0 aliphatic rings. The second-order valence-electron chi connectivity index (χ2n) is 3.74. The second-order valence-corrected chi connectivity index (χ2v) is 3.74. The number of aromatic nitrogens is 1. The topological polar surface area (TPSA) is 29.9 Å². The molecule has 0 aliphatic carbocycles. The first-order valence-electron chi connectivity index (χ1n) is 5.24. The minimum Gasteiger partial charge on any atom is -0.399 e. The lowest BCUT2D eigenvalue weighted by atomic mass is 10.2. The molecule has 2 aromatic rings. The molecule has 0 amide bonds. The lowest BCUT2D eigenvalue weighted by Gasteiger charge is -1.95. The van der Waals surface area contributed by atoms with Gasteiger partial charge in [-0.15, -0.1) is 0 Å². The number of benzene rings is 1. The zero-order chi connectivity index (χ0) is 11.4. The molecule has 0 aliphatic heterocycles. The fourth-order valence-electron chi connectivity index (χ4n) is 1.50. The van der Waals surface area contributed by atoms with Gasteiger partial charge in [-0.1, -0.05) is 12.1 Å². The minimum atomic E-state index is 0.794. The lowest BCUT2D eigenvalue weighted by Crippen LogP contribution is -2.30. The molecule has 2 rings (SSSR count). The van der Waals surface area contributed by atoms with E-state index in [1.165, 1.54) is 5.69 Å². The Kier molecular flexibility index (Phi) is 3.01.